The van der Waals surface area contributed by atoms with Crippen molar-refractivity contribution in [2.75, 3.05) is 44.8 Å². The minimum atomic E-state index is -4.86. The van der Waals surface area contributed by atoms with Crippen molar-refractivity contribution in [1.82, 2.24) is 19.5 Å². The third-order valence-corrected chi connectivity index (χ3v) is 7.68. The van der Waals surface area contributed by atoms with Crippen molar-refractivity contribution < 1.29 is 41.0 Å². The lowest BCUT2D eigenvalue weighted by molar-refractivity contribution is -0.272. The number of benzene rings is 1. The first-order chi connectivity index (χ1) is 19.0. The van der Waals surface area contributed by atoms with Crippen LogP contribution in [0, 0.1) is 17.6 Å². The summed E-state index contributed by atoms with van der Waals surface area (Å²) in [5, 5.41) is 10.2. The van der Waals surface area contributed by atoms with Crippen LogP contribution in [0.2, 0.25) is 0 Å². The second-order valence-corrected chi connectivity index (χ2v) is 10.0. The molecule has 2 aromatic heterocycles. The third kappa shape index (κ3) is 5.22. The molecule has 2 fully saturated rings. The highest BCUT2D eigenvalue weighted by atomic mass is 19.4. The molecule has 3 aromatic rings. The van der Waals surface area contributed by atoms with Crippen LogP contribution in [0.15, 0.2) is 36.8 Å². The van der Waals surface area contributed by atoms with E-state index >= 15 is 4.39 Å². The van der Waals surface area contributed by atoms with E-state index in [0.717, 1.165) is 19.1 Å². The van der Waals surface area contributed by atoms with Gasteiger partial charge in [0.1, 0.15) is 19.0 Å². The normalized spacial score (nSPS) is 25.8. The molecule has 4 atom stereocenters. The van der Waals surface area contributed by atoms with Crippen molar-refractivity contribution in [2.24, 2.45) is 5.92 Å². The molecule has 0 spiro atoms. The van der Waals surface area contributed by atoms with E-state index in [4.69, 9.17) is 14.2 Å². The molecule has 2 aliphatic heterocycles. The highest BCUT2D eigenvalue weighted by Gasteiger charge is 2.66. The molecule has 0 bridgehead atoms. The summed E-state index contributed by atoms with van der Waals surface area (Å²) in [4.78, 5) is 15.5. The van der Waals surface area contributed by atoms with Crippen molar-refractivity contribution in [3.8, 4) is 5.75 Å². The summed E-state index contributed by atoms with van der Waals surface area (Å²) in [5.41, 5.74) is -2.10. The molecule has 4 heterocycles. The number of carbonyl (C=O) groups is 1. The van der Waals surface area contributed by atoms with Gasteiger partial charge in [-0.15, -0.1) is 10.2 Å². The minimum absolute atomic E-state index is 0.0539. The highest BCUT2D eigenvalue weighted by molar-refractivity contribution is 5.95. The summed E-state index contributed by atoms with van der Waals surface area (Å²) in [5.74, 6) is -6.68. The second-order valence-electron chi connectivity index (χ2n) is 10.0. The Morgan fingerprint density at radius 2 is 1.95 bits per heavy atom. The van der Waals surface area contributed by atoms with Gasteiger partial charge in [0, 0.05) is 43.2 Å². The number of morpholine rings is 1. The number of amides is 1. The van der Waals surface area contributed by atoms with Crippen LogP contribution in [0.1, 0.15) is 25.3 Å². The molecule has 1 amide bonds. The molecule has 0 saturated carbocycles. The van der Waals surface area contributed by atoms with E-state index in [-0.39, 0.29) is 17.9 Å². The van der Waals surface area contributed by atoms with Crippen LogP contribution < -0.4 is 10.1 Å². The minimum Gasteiger partial charge on any atom is -0.489 e. The van der Waals surface area contributed by atoms with Crippen LogP contribution in [-0.2, 0) is 14.3 Å². The molecule has 14 heteroatoms. The molecule has 5 rings (SSSR count). The summed E-state index contributed by atoms with van der Waals surface area (Å²) >= 11 is 0. The molecule has 1 aromatic carbocycles. The number of nitrogens with zero attached hydrogens (tertiary/aromatic N) is 4. The Kier molecular flexibility index (Phi) is 7.68. The lowest BCUT2D eigenvalue weighted by Crippen LogP contribution is -2.47. The lowest BCUT2D eigenvalue weighted by Gasteiger charge is -2.32. The van der Waals surface area contributed by atoms with Crippen molar-refractivity contribution in [3.05, 3.63) is 54.0 Å². The van der Waals surface area contributed by atoms with Gasteiger partial charge in [-0.05, 0) is 25.1 Å². The maximum absolute atomic E-state index is 15.1. The quantitative estimate of drug-likeness (QED) is 0.433. The standard InChI is InChI=1S/C26H28F5N5O4/c1-15-20(17-4-5-18(27)21(28)22(17)39-12-9-35-7-10-38-11-8-35)23(40-25(15,2)26(29,30)31)24(37)33-16-3-6-19-34-32-14-36(19)13-16/h3-6,13-15,20,23H,7-12H2,1-2H3,(H,33,37)/t15-,20-,23+,25+/m0/s1. The summed E-state index contributed by atoms with van der Waals surface area (Å²) in [6.07, 6.45) is -3.69. The number of fused-ring (bicyclic) bond motifs is 1. The zero-order chi connectivity index (χ0) is 28.7. The highest BCUT2D eigenvalue weighted by Crippen LogP contribution is 2.55. The van der Waals surface area contributed by atoms with Gasteiger partial charge in [-0.3, -0.25) is 14.1 Å². The summed E-state index contributed by atoms with van der Waals surface area (Å²) in [6.45, 7) is 4.73. The molecule has 1 N–H and O–H groups in total. The first-order valence-electron chi connectivity index (χ1n) is 12.7. The number of carbonyl (C=O) groups excluding carboxylic acids is 1. The maximum Gasteiger partial charge on any atom is 0.417 e. The van der Waals surface area contributed by atoms with E-state index in [0.29, 0.717) is 38.5 Å². The van der Waals surface area contributed by atoms with E-state index in [1.807, 2.05) is 4.90 Å². The molecule has 40 heavy (non-hydrogen) atoms. The van der Waals surface area contributed by atoms with Gasteiger partial charge in [0.15, 0.2) is 22.8 Å². The Morgan fingerprint density at radius 3 is 2.67 bits per heavy atom. The average Bonchev–Trinajstić information content (AvgIpc) is 3.49. The van der Waals surface area contributed by atoms with Gasteiger partial charge in [-0.1, -0.05) is 13.0 Å². The van der Waals surface area contributed by atoms with E-state index < -0.39 is 53.0 Å². The number of hydrogen-bond donors (Lipinski definition) is 1. The number of anilines is 1. The fourth-order valence-corrected chi connectivity index (χ4v) is 5.20. The van der Waals surface area contributed by atoms with E-state index in [1.165, 1.54) is 29.9 Å². The Labute approximate surface area is 226 Å². The molecule has 2 saturated heterocycles. The van der Waals surface area contributed by atoms with Gasteiger partial charge in [0.05, 0.1) is 18.9 Å². The first-order valence-corrected chi connectivity index (χ1v) is 12.7. The maximum atomic E-state index is 15.1. The van der Waals surface area contributed by atoms with Gasteiger partial charge >= 0.3 is 6.18 Å². The number of hydrogen-bond acceptors (Lipinski definition) is 7. The molecule has 9 nitrogen and oxygen atoms in total. The molecule has 0 aliphatic carbocycles. The van der Waals surface area contributed by atoms with Gasteiger partial charge in [-0.25, -0.2) is 4.39 Å². The number of aromatic nitrogens is 3. The van der Waals surface area contributed by atoms with E-state index in [9.17, 15) is 22.4 Å². The fraction of sp³-hybridized carbons (Fsp3) is 0.500. The van der Waals surface area contributed by atoms with Crippen molar-refractivity contribution >= 4 is 17.2 Å². The van der Waals surface area contributed by atoms with Gasteiger partial charge in [0.25, 0.3) is 5.91 Å². The van der Waals surface area contributed by atoms with Gasteiger partial charge < -0.3 is 19.5 Å². The third-order valence-electron chi connectivity index (χ3n) is 7.68. The largest absolute Gasteiger partial charge is 0.489 e. The molecule has 2 aliphatic rings. The zero-order valence-corrected chi connectivity index (χ0v) is 21.8. The van der Waals surface area contributed by atoms with Crippen LogP contribution in [0.4, 0.5) is 27.6 Å². The fourth-order valence-electron chi connectivity index (χ4n) is 5.20. The lowest BCUT2D eigenvalue weighted by atomic mass is 9.77. The smallest absolute Gasteiger partial charge is 0.417 e. The predicted octanol–water partition coefficient (Wildman–Crippen LogP) is 3.80. The Bertz CT molecular complexity index is 1380. The SMILES string of the molecule is C[C@H]1[C@@H](c2ccc(F)c(F)c2OCCN2CCOCC2)[C@H](C(=O)Nc2ccc3nncn3c2)O[C@@]1(C)C(F)(F)F. The van der Waals surface area contributed by atoms with Crippen LogP contribution >= 0.6 is 0 Å². The molecular weight excluding hydrogens is 541 g/mol. The first kappa shape index (κ1) is 28.2. The Morgan fingerprint density at radius 1 is 1.20 bits per heavy atom. The van der Waals surface area contributed by atoms with Crippen molar-refractivity contribution in [1.29, 1.82) is 0 Å². The van der Waals surface area contributed by atoms with E-state index in [1.54, 1.807) is 6.07 Å². The number of ether oxygens (including phenoxy) is 3. The molecule has 0 unspecified atom stereocenters. The number of alkyl halides is 3. The van der Waals surface area contributed by atoms with Crippen LogP contribution in [0.25, 0.3) is 5.65 Å². The topological polar surface area (TPSA) is 90.2 Å². The Balaban J connectivity index is 1.47. The monoisotopic (exact) mass is 569 g/mol. The zero-order valence-electron chi connectivity index (χ0n) is 21.8. The summed E-state index contributed by atoms with van der Waals surface area (Å²) in [6, 6.07) is 5.03. The van der Waals surface area contributed by atoms with E-state index in [2.05, 4.69) is 15.5 Å². The average molecular weight is 570 g/mol. The Hall–Kier alpha value is -3.36. The predicted molar refractivity (Wildman–Crippen MR) is 132 cm³/mol. The summed E-state index contributed by atoms with van der Waals surface area (Å²) in [7, 11) is 0. The molecular formula is C26H28F5N5O4. The van der Waals surface area contributed by atoms with Crippen molar-refractivity contribution in [3.63, 3.8) is 0 Å². The number of rotatable bonds is 7. The number of halogens is 5. The number of pyridine rings is 1. The van der Waals surface area contributed by atoms with Crippen LogP contribution in [-0.4, -0.2) is 82.7 Å². The second kappa shape index (κ2) is 10.9. The van der Waals surface area contributed by atoms with Crippen LogP contribution in [0.5, 0.6) is 5.75 Å². The van der Waals surface area contributed by atoms with Crippen molar-refractivity contribution in [2.45, 2.75) is 37.6 Å². The number of nitrogens with one attached hydrogen (secondary N) is 1. The van der Waals surface area contributed by atoms with Crippen LogP contribution in [0.3, 0.4) is 0 Å². The van der Waals surface area contributed by atoms with Gasteiger partial charge in [-0.2, -0.15) is 17.6 Å². The molecule has 0 radical (unpaired) electrons. The van der Waals surface area contributed by atoms with Gasteiger partial charge in [0.2, 0.25) is 5.82 Å². The summed E-state index contributed by atoms with van der Waals surface area (Å²) < 4.78 is 90.2. The molecule has 216 valence electrons.